The zero-order valence-corrected chi connectivity index (χ0v) is 11.4. The second kappa shape index (κ2) is 6.53. The van der Waals surface area contributed by atoms with Gasteiger partial charge in [0.05, 0.1) is 6.42 Å². The van der Waals surface area contributed by atoms with Gasteiger partial charge < -0.3 is 10.4 Å². The first kappa shape index (κ1) is 13.8. The molecule has 1 saturated heterocycles. The minimum Gasteiger partial charge on any atom is -0.481 e. The summed E-state index contributed by atoms with van der Waals surface area (Å²) >= 11 is 0. The average molecular weight is 254 g/mol. The highest BCUT2D eigenvalue weighted by atomic mass is 16.4. The van der Waals surface area contributed by atoms with E-state index in [1.54, 1.807) is 0 Å². The van der Waals surface area contributed by atoms with Crippen LogP contribution in [0.25, 0.3) is 0 Å². The summed E-state index contributed by atoms with van der Waals surface area (Å²) in [5.41, 5.74) is 0. The van der Waals surface area contributed by atoms with Gasteiger partial charge in [0.15, 0.2) is 0 Å². The molecule has 2 atom stereocenters. The van der Waals surface area contributed by atoms with Gasteiger partial charge in [-0.3, -0.25) is 9.69 Å². The largest absolute Gasteiger partial charge is 0.481 e. The summed E-state index contributed by atoms with van der Waals surface area (Å²) in [5, 5.41) is 12.5. The van der Waals surface area contributed by atoms with Crippen LogP contribution >= 0.6 is 0 Å². The SMILES string of the molecule is CC1CN(C2CCCCCC2)C(CC(=O)O)CN1. The second-order valence-electron chi connectivity index (χ2n) is 5.90. The molecule has 18 heavy (non-hydrogen) atoms. The minimum absolute atomic E-state index is 0.182. The first-order valence-corrected chi connectivity index (χ1v) is 7.37. The molecule has 0 radical (unpaired) electrons. The lowest BCUT2D eigenvalue weighted by Crippen LogP contribution is -2.59. The van der Waals surface area contributed by atoms with Crippen molar-refractivity contribution in [2.75, 3.05) is 13.1 Å². The molecule has 1 saturated carbocycles. The van der Waals surface area contributed by atoms with Crippen LogP contribution in [0.5, 0.6) is 0 Å². The number of carbonyl (C=O) groups is 1. The zero-order valence-electron chi connectivity index (χ0n) is 11.4. The number of hydrogen-bond acceptors (Lipinski definition) is 3. The summed E-state index contributed by atoms with van der Waals surface area (Å²) in [5.74, 6) is -0.671. The first-order chi connectivity index (χ1) is 8.66. The molecule has 2 rings (SSSR count). The third kappa shape index (κ3) is 3.69. The Labute approximate surface area is 110 Å². The molecule has 4 nitrogen and oxygen atoms in total. The highest BCUT2D eigenvalue weighted by Crippen LogP contribution is 2.25. The number of piperazine rings is 1. The maximum Gasteiger partial charge on any atom is 0.304 e. The van der Waals surface area contributed by atoms with Crippen molar-refractivity contribution in [3.63, 3.8) is 0 Å². The van der Waals surface area contributed by atoms with E-state index in [0.29, 0.717) is 12.1 Å². The van der Waals surface area contributed by atoms with Crippen LogP contribution in [0.15, 0.2) is 0 Å². The third-order valence-corrected chi connectivity index (χ3v) is 4.36. The van der Waals surface area contributed by atoms with Gasteiger partial charge in [-0.2, -0.15) is 0 Å². The standard InChI is InChI=1S/C14H26N2O2/c1-11-10-16(12-6-4-2-3-5-7-12)13(9-15-11)8-14(17)18/h11-13,15H,2-10H2,1H3,(H,17,18). The fourth-order valence-corrected chi connectivity index (χ4v) is 3.41. The van der Waals surface area contributed by atoms with E-state index in [1.807, 2.05) is 0 Å². The molecule has 1 aliphatic carbocycles. The topological polar surface area (TPSA) is 52.6 Å². The van der Waals surface area contributed by atoms with Gasteiger partial charge in [-0.05, 0) is 19.8 Å². The summed E-state index contributed by atoms with van der Waals surface area (Å²) < 4.78 is 0. The normalized spacial score (nSPS) is 32.1. The smallest absolute Gasteiger partial charge is 0.304 e. The van der Waals surface area contributed by atoms with Gasteiger partial charge in [0, 0.05) is 31.2 Å². The van der Waals surface area contributed by atoms with Gasteiger partial charge in [-0.25, -0.2) is 0 Å². The van der Waals surface area contributed by atoms with Crippen molar-refractivity contribution in [2.45, 2.75) is 70.0 Å². The Balaban J connectivity index is 2.00. The Bertz CT molecular complexity index is 275. The van der Waals surface area contributed by atoms with E-state index < -0.39 is 5.97 Å². The monoisotopic (exact) mass is 254 g/mol. The maximum atomic E-state index is 11.0. The predicted octanol–water partition coefficient (Wildman–Crippen LogP) is 1.85. The highest BCUT2D eigenvalue weighted by Gasteiger charge is 2.32. The number of hydrogen-bond donors (Lipinski definition) is 2. The van der Waals surface area contributed by atoms with E-state index in [0.717, 1.165) is 13.1 Å². The fourth-order valence-electron chi connectivity index (χ4n) is 3.41. The Morgan fingerprint density at radius 3 is 2.56 bits per heavy atom. The summed E-state index contributed by atoms with van der Waals surface area (Å²) in [7, 11) is 0. The van der Waals surface area contributed by atoms with E-state index in [-0.39, 0.29) is 12.5 Å². The molecule has 1 aliphatic heterocycles. The van der Waals surface area contributed by atoms with Crippen molar-refractivity contribution >= 4 is 5.97 Å². The van der Waals surface area contributed by atoms with Crippen molar-refractivity contribution in [2.24, 2.45) is 0 Å². The fraction of sp³-hybridized carbons (Fsp3) is 0.929. The predicted molar refractivity (Wildman–Crippen MR) is 71.7 cm³/mol. The molecular formula is C14H26N2O2. The van der Waals surface area contributed by atoms with E-state index in [4.69, 9.17) is 5.11 Å². The molecule has 2 aliphatic rings. The number of rotatable bonds is 3. The van der Waals surface area contributed by atoms with Crippen molar-refractivity contribution < 1.29 is 9.90 Å². The number of nitrogens with zero attached hydrogens (tertiary/aromatic N) is 1. The van der Waals surface area contributed by atoms with Crippen LogP contribution in [0.1, 0.15) is 51.9 Å². The lowest BCUT2D eigenvalue weighted by Gasteiger charge is -2.43. The Hall–Kier alpha value is -0.610. The van der Waals surface area contributed by atoms with Gasteiger partial charge in [-0.15, -0.1) is 0 Å². The molecule has 1 heterocycles. The van der Waals surface area contributed by atoms with E-state index >= 15 is 0 Å². The summed E-state index contributed by atoms with van der Waals surface area (Å²) in [4.78, 5) is 13.5. The number of carboxylic acid groups (broad SMARTS) is 1. The Kier molecular flexibility index (Phi) is 5.01. The summed E-state index contributed by atoms with van der Waals surface area (Å²) in [6.07, 6.45) is 8.09. The van der Waals surface area contributed by atoms with Crippen LogP contribution in [-0.2, 0) is 4.79 Å². The van der Waals surface area contributed by atoms with Crippen LogP contribution < -0.4 is 5.32 Å². The van der Waals surface area contributed by atoms with Crippen LogP contribution in [0.3, 0.4) is 0 Å². The van der Waals surface area contributed by atoms with Gasteiger partial charge in [0.25, 0.3) is 0 Å². The van der Waals surface area contributed by atoms with Gasteiger partial charge in [-0.1, -0.05) is 25.7 Å². The summed E-state index contributed by atoms with van der Waals surface area (Å²) in [6.45, 7) is 4.02. The number of nitrogens with one attached hydrogen (secondary N) is 1. The second-order valence-corrected chi connectivity index (χ2v) is 5.90. The molecule has 2 N–H and O–H groups in total. The van der Waals surface area contributed by atoms with Crippen molar-refractivity contribution in [3.05, 3.63) is 0 Å². The molecule has 2 fully saturated rings. The van der Waals surface area contributed by atoms with Gasteiger partial charge >= 0.3 is 5.97 Å². The molecule has 0 aromatic heterocycles. The van der Waals surface area contributed by atoms with Crippen LogP contribution in [0.4, 0.5) is 0 Å². The average Bonchev–Trinajstić information content (AvgIpc) is 2.59. The van der Waals surface area contributed by atoms with Crippen LogP contribution in [0.2, 0.25) is 0 Å². The number of carboxylic acids is 1. The van der Waals surface area contributed by atoms with Crippen LogP contribution in [0, 0.1) is 0 Å². The molecule has 0 aromatic rings. The lowest BCUT2D eigenvalue weighted by molar-refractivity contribution is -0.139. The van der Waals surface area contributed by atoms with Crippen molar-refractivity contribution in [3.8, 4) is 0 Å². The van der Waals surface area contributed by atoms with Crippen molar-refractivity contribution in [1.29, 1.82) is 0 Å². The molecule has 0 aromatic carbocycles. The minimum atomic E-state index is -0.671. The highest BCUT2D eigenvalue weighted by molar-refractivity contribution is 5.67. The molecular weight excluding hydrogens is 228 g/mol. The maximum absolute atomic E-state index is 11.0. The van der Waals surface area contributed by atoms with Gasteiger partial charge in [0.2, 0.25) is 0 Å². The quantitative estimate of drug-likeness (QED) is 0.755. The first-order valence-electron chi connectivity index (χ1n) is 7.37. The van der Waals surface area contributed by atoms with Gasteiger partial charge in [0.1, 0.15) is 0 Å². The number of aliphatic carboxylic acids is 1. The summed E-state index contributed by atoms with van der Waals surface area (Å²) in [6, 6.07) is 1.28. The lowest BCUT2D eigenvalue weighted by atomic mass is 9.99. The zero-order chi connectivity index (χ0) is 13.0. The molecule has 0 spiro atoms. The molecule has 0 amide bonds. The van der Waals surface area contributed by atoms with E-state index in [1.165, 1.54) is 38.5 Å². The van der Waals surface area contributed by atoms with Crippen molar-refractivity contribution in [1.82, 2.24) is 10.2 Å². The molecule has 104 valence electrons. The molecule has 0 bridgehead atoms. The molecule has 4 heteroatoms. The Morgan fingerprint density at radius 2 is 1.94 bits per heavy atom. The molecule has 2 unspecified atom stereocenters. The van der Waals surface area contributed by atoms with Crippen LogP contribution in [-0.4, -0.2) is 47.2 Å². The van der Waals surface area contributed by atoms with E-state index in [2.05, 4.69) is 17.1 Å². The Morgan fingerprint density at radius 1 is 1.28 bits per heavy atom. The van der Waals surface area contributed by atoms with E-state index in [9.17, 15) is 4.79 Å². The third-order valence-electron chi connectivity index (χ3n) is 4.36.